The molecule has 0 aliphatic carbocycles. The van der Waals surface area contributed by atoms with Crippen molar-refractivity contribution in [3.05, 3.63) is 0 Å². The number of likely N-dealkylation sites (tertiary alicyclic amines) is 2. The van der Waals surface area contributed by atoms with Crippen molar-refractivity contribution in [1.82, 2.24) is 9.80 Å². The summed E-state index contributed by atoms with van der Waals surface area (Å²) < 4.78 is 0. The molecule has 3 nitrogen and oxygen atoms in total. The molecule has 2 fully saturated rings. The van der Waals surface area contributed by atoms with Crippen molar-refractivity contribution in [1.29, 1.82) is 0 Å². The van der Waals surface area contributed by atoms with Gasteiger partial charge in [-0.15, -0.1) is 0 Å². The summed E-state index contributed by atoms with van der Waals surface area (Å²) in [5, 5.41) is 11.8. The molecule has 2 aliphatic heterocycles. The van der Waals surface area contributed by atoms with E-state index in [1.807, 2.05) is 0 Å². The zero-order valence-corrected chi connectivity index (χ0v) is 10.4. The van der Waals surface area contributed by atoms with Crippen LogP contribution in [0.3, 0.4) is 0 Å². The van der Waals surface area contributed by atoms with E-state index in [1.165, 1.54) is 38.8 Å². The van der Waals surface area contributed by atoms with Crippen LogP contribution in [0.15, 0.2) is 0 Å². The van der Waals surface area contributed by atoms with Gasteiger partial charge >= 0.3 is 0 Å². The highest BCUT2D eigenvalue weighted by molar-refractivity contribution is 4.71. The number of nitrogens with zero attached hydrogens (tertiary/aromatic N) is 2. The fourth-order valence-corrected chi connectivity index (χ4v) is 2.89. The Labute approximate surface area is 99.4 Å². The molecule has 0 aromatic carbocycles. The van der Waals surface area contributed by atoms with E-state index in [2.05, 4.69) is 9.80 Å². The minimum Gasteiger partial charge on any atom is -0.303 e. The van der Waals surface area contributed by atoms with Crippen molar-refractivity contribution >= 4 is 0 Å². The molecule has 16 heavy (non-hydrogen) atoms. The van der Waals surface area contributed by atoms with Crippen molar-refractivity contribution in [3.8, 4) is 0 Å². The van der Waals surface area contributed by atoms with Gasteiger partial charge in [-0.25, -0.2) is 5.11 Å². The Morgan fingerprint density at radius 1 is 0.875 bits per heavy atom. The van der Waals surface area contributed by atoms with Gasteiger partial charge in [-0.05, 0) is 71.2 Å². The van der Waals surface area contributed by atoms with Crippen molar-refractivity contribution in [2.75, 3.05) is 39.3 Å². The summed E-state index contributed by atoms with van der Waals surface area (Å²) in [5.41, 5.74) is 0. The lowest BCUT2D eigenvalue weighted by Crippen LogP contribution is -2.30. The van der Waals surface area contributed by atoms with Gasteiger partial charge < -0.3 is 9.80 Å². The van der Waals surface area contributed by atoms with Gasteiger partial charge in [0.1, 0.15) is 6.10 Å². The highest BCUT2D eigenvalue weighted by Gasteiger charge is 2.17. The van der Waals surface area contributed by atoms with Crippen LogP contribution < -0.4 is 0 Å². The lowest BCUT2D eigenvalue weighted by Gasteiger charge is -2.19. The Morgan fingerprint density at radius 3 is 2.06 bits per heavy atom. The standard InChI is InChI=1S/C13H25N2O/c16-13(12-15-9-3-4-10-15)6-5-11-14-7-1-2-8-14/h13H,1-12H2. The van der Waals surface area contributed by atoms with Gasteiger partial charge in [-0.1, -0.05) is 0 Å². The first kappa shape index (κ1) is 12.3. The predicted molar refractivity (Wildman–Crippen MR) is 65.1 cm³/mol. The van der Waals surface area contributed by atoms with Gasteiger partial charge in [0, 0.05) is 6.54 Å². The maximum atomic E-state index is 11.8. The average molecular weight is 225 g/mol. The molecule has 3 heteroatoms. The second kappa shape index (κ2) is 6.58. The average Bonchev–Trinajstić information content (AvgIpc) is 2.90. The van der Waals surface area contributed by atoms with E-state index in [9.17, 15) is 5.11 Å². The number of hydrogen-bond acceptors (Lipinski definition) is 2. The van der Waals surface area contributed by atoms with E-state index in [4.69, 9.17) is 0 Å². The fourth-order valence-electron chi connectivity index (χ4n) is 2.89. The number of rotatable bonds is 6. The van der Waals surface area contributed by atoms with Crippen molar-refractivity contribution in [3.63, 3.8) is 0 Å². The smallest absolute Gasteiger partial charge is 0.106 e. The highest BCUT2D eigenvalue weighted by atomic mass is 16.3. The molecule has 0 amide bonds. The SMILES string of the molecule is [O]C(CCCN1CCCC1)CN1CCCC1. The Bertz CT molecular complexity index is 186. The highest BCUT2D eigenvalue weighted by Crippen LogP contribution is 2.12. The predicted octanol–water partition coefficient (Wildman–Crippen LogP) is 1.76. The third kappa shape index (κ3) is 4.04. The van der Waals surface area contributed by atoms with Gasteiger partial charge in [-0.2, -0.15) is 0 Å². The van der Waals surface area contributed by atoms with Gasteiger partial charge in [0.15, 0.2) is 0 Å². The molecule has 1 atom stereocenters. The number of hydrogen-bond donors (Lipinski definition) is 0. The van der Waals surface area contributed by atoms with E-state index in [0.717, 1.165) is 39.0 Å². The molecule has 2 rings (SSSR count). The van der Waals surface area contributed by atoms with Crippen LogP contribution in [-0.2, 0) is 5.11 Å². The molecule has 0 saturated carbocycles. The van der Waals surface area contributed by atoms with Crippen LogP contribution in [0.4, 0.5) is 0 Å². The molecule has 1 unspecified atom stereocenters. The first-order valence-corrected chi connectivity index (χ1v) is 6.95. The summed E-state index contributed by atoms with van der Waals surface area (Å²) >= 11 is 0. The van der Waals surface area contributed by atoms with Crippen LogP contribution in [-0.4, -0.2) is 55.2 Å². The molecule has 0 bridgehead atoms. The second-order valence-corrected chi connectivity index (χ2v) is 5.32. The molecular formula is C13H25N2O. The monoisotopic (exact) mass is 225 g/mol. The first-order valence-electron chi connectivity index (χ1n) is 6.95. The molecule has 0 aromatic rings. The third-order valence-corrected chi connectivity index (χ3v) is 3.86. The maximum Gasteiger partial charge on any atom is 0.106 e. The fraction of sp³-hybridized carbons (Fsp3) is 1.00. The first-order chi connectivity index (χ1) is 7.84. The molecule has 0 N–H and O–H groups in total. The molecule has 1 radical (unpaired) electrons. The summed E-state index contributed by atoms with van der Waals surface area (Å²) in [7, 11) is 0. The minimum absolute atomic E-state index is 0.347. The summed E-state index contributed by atoms with van der Waals surface area (Å²) in [5.74, 6) is 0. The molecule has 0 spiro atoms. The lowest BCUT2D eigenvalue weighted by molar-refractivity contribution is 0.0478. The summed E-state index contributed by atoms with van der Waals surface area (Å²) in [4.78, 5) is 4.84. The summed E-state index contributed by atoms with van der Waals surface area (Å²) in [6.45, 7) is 6.78. The molecule has 2 heterocycles. The Kier molecular flexibility index (Phi) is 5.07. The van der Waals surface area contributed by atoms with Crippen LogP contribution in [0.1, 0.15) is 38.5 Å². The van der Waals surface area contributed by atoms with Crippen LogP contribution in [0.25, 0.3) is 0 Å². The summed E-state index contributed by atoms with van der Waals surface area (Å²) in [6, 6.07) is 0. The molecule has 2 aliphatic rings. The van der Waals surface area contributed by atoms with Gasteiger partial charge in [0.25, 0.3) is 0 Å². The van der Waals surface area contributed by atoms with Crippen LogP contribution in [0.5, 0.6) is 0 Å². The molecule has 0 aromatic heterocycles. The topological polar surface area (TPSA) is 26.4 Å². The van der Waals surface area contributed by atoms with Gasteiger partial charge in [0.2, 0.25) is 0 Å². The van der Waals surface area contributed by atoms with Gasteiger partial charge in [-0.3, -0.25) is 0 Å². The lowest BCUT2D eigenvalue weighted by atomic mass is 10.2. The zero-order valence-electron chi connectivity index (χ0n) is 10.4. The van der Waals surface area contributed by atoms with Crippen LogP contribution in [0.2, 0.25) is 0 Å². The maximum absolute atomic E-state index is 11.8. The van der Waals surface area contributed by atoms with Crippen LogP contribution >= 0.6 is 0 Å². The zero-order chi connectivity index (χ0) is 11.2. The molecular weight excluding hydrogens is 200 g/mol. The van der Waals surface area contributed by atoms with E-state index in [1.54, 1.807) is 0 Å². The Morgan fingerprint density at radius 2 is 1.44 bits per heavy atom. The van der Waals surface area contributed by atoms with Crippen LogP contribution in [0, 0.1) is 0 Å². The van der Waals surface area contributed by atoms with Crippen molar-refractivity contribution in [2.45, 2.75) is 44.6 Å². The minimum atomic E-state index is -0.347. The van der Waals surface area contributed by atoms with E-state index in [-0.39, 0.29) is 6.10 Å². The quantitative estimate of drug-likeness (QED) is 0.688. The van der Waals surface area contributed by atoms with Gasteiger partial charge in [0.05, 0.1) is 0 Å². The van der Waals surface area contributed by atoms with Crippen molar-refractivity contribution < 1.29 is 5.11 Å². The second-order valence-electron chi connectivity index (χ2n) is 5.32. The van der Waals surface area contributed by atoms with E-state index < -0.39 is 0 Å². The van der Waals surface area contributed by atoms with E-state index in [0.29, 0.717) is 0 Å². The van der Waals surface area contributed by atoms with Crippen molar-refractivity contribution in [2.24, 2.45) is 0 Å². The largest absolute Gasteiger partial charge is 0.303 e. The third-order valence-electron chi connectivity index (χ3n) is 3.86. The summed E-state index contributed by atoms with van der Waals surface area (Å²) in [6.07, 6.45) is 6.92. The normalized spacial score (nSPS) is 25.3. The Balaban J connectivity index is 1.51. The van der Waals surface area contributed by atoms with E-state index >= 15 is 0 Å². The molecule has 93 valence electrons. The molecule has 2 saturated heterocycles. The Hall–Kier alpha value is -0.120.